The van der Waals surface area contributed by atoms with Crippen LogP contribution in [0.4, 0.5) is 5.82 Å². The van der Waals surface area contributed by atoms with Gasteiger partial charge >= 0.3 is 0 Å². The van der Waals surface area contributed by atoms with E-state index in [1.54, 1.807) is 0 Å². The molecule has 118 valence electrons. The van der Waals surface area contributed by atoms with Crippen LogP contribution in [0.2, 0.25) is 0 Å². The van der Waals surface area contributed by atoms with Gasteiger partial charge in [0.15, 0.2) is 0 Å². The predicted octanol–water partition coefficient (Wildman–Crippen LogP) is 2.42. The Kier molecular flexibility index (Phi) is 3.48. The minimum absolute atomic E-state index is 0.148. The highest BCUT2D eigenvalue weighted by Gasteiger charge is 2.33. The van der Waals surface area contributed by atoms with Gasteiger partial charge < -0.3 is 20.1 Å². The lowest BCUT2D eigenvalue weighted by molar-refractivity contribution is -0.0590. The van der Waals surface area contributed by atoms with Gasteiger partial charge in [0, 0.05) is 6.20 Å². The van der Waals surface area contributed by atoms with Crippen LogP contribution < -0.4 is 5.73 Å². The van der Waals surface area contributed by atoms with Gasteiger partial charge in [0.25, 0.3) is 0 Å². The van der Waals surface area contributed by atoms with Crippen molar-refractivity contribution >= 4 is 16.9 Å². The van der Waals surface area contributed by atoms with Crippen LogP contribution in [0.3, 0.4) is 0 Å². The fourth-order valence-electron chi connectivity index (χ4n) is 3.17. The molecule has 1 aliphatic rings. The third kappa shape index (κ3) is 2.46. The molecule has 23 heavy (non-hydrogen) atoms. The van der Waals surface area contributed by atoms with Crippen molar-refractivity contribution in [2.75, 3.05) is 5.73 Å². The van der Waals surface area contributed by atoms with E-state index in [0.29, 0.717) is 5.82 Å². The molecular formula is C17H18N4O2. The fraction of sp³-hybridized carbons (Fsp3) is 0.294. The first kappa shape index (κ1) is 14.2. The molecule has 6 heteroatoms. The molecule has 1 saturated heterocycles. The number of aliphatic hydroxyl groups excluding tert-OH is 1. The number of rotatable bonds is 3. The Bertz CT molecular complexity index is 818. The van der Waals surface area contributed by atoms with Crippen LogP contribution >= 0.6 is 0 Å². The van der Waals surface area contributed by atoms with Crippen molar-refractivity contribution in [1.82, 2.24) is 14.5 Å². The van der Waals surface area contributed by atoms with Crippen molar-refractivity contribution in [2.24, 2.45) is 0 Å². The van der Waals surface area contributed by atoms with Gasteiger partial charge in [-0.15, -0.1) is 0 Å². The molecule has 1 aromatic carbocycles. The summed E-state index contributed by atoms with van der Waals surface area (Å²) in [6, 6.07) is 11.5. The number of fused-ring (bicyclic) bond motifs is 1. The molecule has 4 rings (SSSR count). The number of anilines is 1. The highest BCUT2D eigenvalue weighted by molar-refractivity contribution is 5.86. The van der Waals surface area contributed by atoms with Gasteiger partial charge in [0.1, 0.15) is 30.1 Å². The number of hydrogen-bond donors (Lipinski definition) is 2. The van der Waals surface area contributed by atoms with E-state index in [2.05, 4.69) is 9.97 Å². The summed E-state index contributed by atoms with van der Waals surface area (Å²) in [6.07, 6.45) is 3.99. The Hall–Kier alpha value is -2.44. The highest BCUT2D eigenvalue weighted by Crippen LogP contribution is 2.36. The Morgan fingerprint density at radius 2 is 2.00 bits per heavy atom. The molecule has 0 spiro atoms. The molecular weight excluding hydrogens is 292 g/mol. The average Bonchev–Trinajstić information content (AvgIpc) is 3.22. The summed E-state index contributed by atoms with van der Waals surface area (Å²) < 4.78 is 8.05. The second-order valence-corrected chi connectivity index (χ2v) is 5.78. The summed E-state index contributed by atoms with van der Waals surface area (Å²) in [7, 11) is 0. The largest absolute Gasteiger partial charge is 0.386 e. The van der Waals surface area contributed by atoms with Crippen molar-refractivity contribution in [3.05, 3.63) is 54.5 Å². The molecule has 0 saturated carbocycles. The van der Waals surface area contributed by atoms with Crippen LogP contribution in [-0.2, 0) is 4.74 Å². The maximum absolute atomic E-state index is 10.5. The fourth-order valence-corrected chi connectivity index (χ4v) is 3.17. The number of benzene rings is 1. The summed E-state index contributed by atoms with van der Waals surface area (Å²) in [4.78, 5) is 8.31. The van der Waals surface area contributed by atoms with Crippen LogP contribution in [0.25, 0.3) is 11.0 Å². The molecule has 0 amide bonds. The van der Waals surface area contributed by atoms with Crippen LogP contribution in [0.1, 0.15) is 30.7 Å². The summed E-state index contributed by atoms with van der Waals surface area (Å²) in [5.41, 5.74) is 7.51. The maximum Gasteiger partial charge on any atom is 0.147 e. The molecule has 2 aromatic heterocycles. The zero-order chi connectivity index (χ0) is 15.8. The Morgan fingerprint density at radius 1 is 1.17 bits per heavy atom. The van der Waals surface area contributed by atoms with Gasteiger partial charge in [0.2, 0.25) is 0 Å². The van der Waals surface area contributed by atoms with Gasteiger partial charge in [-0.25, -0.2) is 9.97 Å². The van der Waals surface area contributed by atoms with Crippen LogP contribution in [0, 0.1) is 0 Å². The number of nitrogen functional groups attached to an aromatic ring is 1. The number of aliphatic hydroxyl groups is 1. The molecule has 1 aliphatic heterocycles. The molecule has 3 atom stereocenters. The lowest BCUT2D eigenvalue weighted by atomic mass is 10.0. The van der Waals surface area contributed by atoms with Gasteiger partial charge in [-0.2, -0.15) is 0 Å². The summed E-state index contributed by atoms with van der Waals surface area (Å²) in [6.45, 7) is 0. The van der Waals surface area contributed by atoms with Crippen molar-refractivity contribution in [3.63, 3.8) is 0 Å². The van der Waals surface area contributed by atoms with E-state index in [1.165, 1.54) is 6.33 Å². The van der Waals surface area contributed by atoms with Crippen LogP contribution in [0.5, 0.6) is 0 Å². The van der Waals surface area contributed by atoms with E-state index in [4.69, 9.17) is 10.5 Å². The molecule has 1 fully saturated rings. The van der Waals surface area contributed by atoms with Crippen LogP contribution in [-0.4, -0.2) is 25.7 Å². The molecule has 0 radical (unpaired) electrons. The third-order valence-electron chi connectivity index (χ3n) is 4.37. The average molecular weight is 310 g/mol. The van der Waals surface area contributed by atoms with E-state index < -0.39 is 6.10 Å². The summed E-state index contributed by atoms with van der Waals surface area (Å²) in [5, 5.41) is 11.3. The normalized spacial score (nSPS) is 22.5. The summed E-state index contributed by atoms with van der Waals surface area (Å²) in [5.74, 6) is 0.465. The van der Waals surface area contributed by atoms with E-state index in [-0.39, 0.29) is 12.3 Å². The van der Waals surface area contributed by atoms with Crippen LogP contribution in [0.15, 0.2) is 48.9 Å². The Balaban J connectivity index is 1.57. The number of hydrogen-bond acceptors (Lipinski definition) is 5. The monoisotopic (exact) mass is 310 g/mol. The first-order valence-corrected chi connectivity index (χ1v) is 7.69. The Morgan fingerprint density at radius 3 is 2.83 bits per heavy atom. The van der Waals surface area contributed by atoms with Gasteiger partial charge in [-0.3, -0.25) is 0 Å². The number of ether oxygens (including phenoxy) is 1. The van der Waals surface area contributed by atoms with Gasteiger partial charge in [-0.1, -0.05) is 30.3 Å². The topological polar surface area (TPSA) is 86.2 Å². The number of nitrogens with two attached hydrogens (primary N) is 1. The predicted molar refractivity (Wildman–Crippen MR) is 86.5 cm³/mol. The molecule has 0 bridgehead atoms. The van der Waals surface area contributed by atoms with E-state index in [1.807, 2.05) is 47.2 Å². The molecule has 3 heterocycles. The maximum atomic E-state index is 10.5. The lowest BCUT2D eigenvalue weighted by Gasteiger charge is -2.20. The summed E-state index contributed by atoms with van der Waals surface area (Å²) >= 11 is 0. The Labute approximate surface area is 133 Å². The standard InChI is InChI=1S/C17H18N4O2/c18-16-12-8-9-21(17(12)20-10-19-16)14-7-6-13(23-14)15(22)11-4-2-1-3-5-11/h1-5,8-10,13-15,22H,6-7H2,(H2,18,19,20)/t13?,14-,15?/m1/s1. The van der Waals surface area contributed by atoms with E-state index in [0.717, 1.165) is 29.4 Å². The number of nitrogens with zero attached hydrogens (tertiary/aromatic N) is 3. The number of aromatic nitrogens is 3. The first-order valence-electron chi connectivity index (χ1n) is 7.69. The highest BCUT2D eigenvalue weighted by atomic mass is 16.5. The van der Waals surface area contributed by atoms with Crippen molar-refractivity contribution in [1.29, 1.82) is 0 Å². The zero-order valence-electron chi connectivity index (χ0n) is 12.5. The third-order valence-corrected chi connectivity index (χ3v) is 4.37. The molecule has 3 aromatic rings. The van der Waals surface area contributed by atoms with E-state index in [9.17, 15) is 5.11 Å². The smallest absolute Gasteiger partial charge is 0.147 e. The first-order chi connectivity index (χ1) is 11.2. The second kappa shape index (κ2) is 5.64. The van der Waals surface area contributed by atoms with Crippen molar-refractivity contribution < 1.29 is 9.84 Å². The second-order valence-electron chi connectivity index (χ2n) is 5.78. The quantitative estimate of drug-likeness (QED) is 0.776. The zero-order valence-corrected chi connectivity index (χ0v) is 12.5. The van der Waals surface area contributed by atoms with Crippen molar-refractivity contribution in [2.45, 2.75) is 31.3 Å². The minimum atomic E-state index is -0.622. The van der Waals surface area contributed by atoms with E-state index >= 15 is 0 Å². The molecule has 6 nitrogen and oxygen atoms in total. The van der Waals surface area contributed by atoms with Gasteiger partial charge in [0.05, 0.1) is 11.5 Å². The lowest BCUT2D eigenvalue weighted by Crippen LogP contribution is -2.19. The molecule has 3 N–H and O–H groups in total. The molecule has 2 unspecified atom stereocenters. The molecule has 0 aliphatic carbocycles. The SMILES string of the molecule is Nc1ncnc2c1ccn2[C@H]1CCC(C(O)c2ccccc2)O1. The minimum Gasteiger partial charge on any atom is -0.386 e. The van der Waals surface area contributed by atoms with Crippen molar-refractivity contribution in [3.8, 4) is 0 Å². The van der Waals surface area contributed by atoms with Gasteiger partial charge in [-0.05, 0) is 24.5 Å².